The Morgan fingerprint density at radius 3 is 2.78 bits per heavy atom. The number of aliphatic imine (C=N–C) groups is 1. The lowest BCUT2D eigenvalue weighted by atomic mass is 10.1. The summed E-state index contributed by atoms with van der Waals surface area (Å²) in [6.07, 6.45) is -0.332. The molecule has 0 aliphatic carbocycles. The fourth-order valence-corrected chi connectivity index (χ4v) is 3.16. The third kappa shape index (κ3) is 3.16. The van der Waals surface area contributed by atoms with E-state index < -0.39 is 0 Å². The topological polar surface area (TPSA) is 86.7 Å². The van der Waals surface area contributed by atoms with Gasteiger partial charge in [0.1, 0.15) is 0 Å². The zero-order chi connectivity index (χ0) is 19.0. The average molecular weight is 365 g/mol. The second kappa shape index (κ2) is 6.83. The van der Waals surface area contributed by atoms with E-state index in [0.717, 1.165) is 16.6 Å². The quantitative estimate of drug-likeness (QED) is 0.724. The van der Waals surface area contributed by atoms with Gasteiger partial charge in [0, 0.05) is 5.56 Å². The van der Waals surface area contributed by atoms with Crippen LogP contribution >= 0.6 is 0 Å². The maximum Gasteiger partial charge on any atom is 0.212 e. The van der Waals surface area contributed by atoms with Gasteiger partial charge in [-0.2, -0.15) is 0 Å². The number of aromatic nitrogens is 2. The summed E-state index contributed by atoms with van der Waals surface area (Å²) in [5.41, 5.74) is 8.85. The minimum atomic E-state index is -0.332. The van der Waals surface area contributed by atoms with Crippen molar-refractivity contribution in [1.82, 2.24) is 9.55 Å². The standard InChI is InChI=1S/C20H23N5O2/c1-12(2)11-27-17-10-13(8-9-16(17)26-3)18-23-19(21)24-20-22-14-6-4-5-7-15(14)25(18)20/h4-10,12,18H,11H2,1-3H3,(H3,21,22,23,24). The van der Waals surface area contributed by atoms with Gasteiger partial charge in [0.2, 0.25) is 5.95 Å². The van der Waals surface area contributed by atoms with Gasteiger partial charge in [0.05, 0.1) is 24.8 Å². The number of fused-ring (bicyclic) bond motifs is 3. The molecule has 1 aliphatic heterocycles. The van der Waals surface area contributed by atoms with Crippen molar-refractivity contribution in [3.8, 4) is 11.5 Å². The summed E-state index contributed by atoms with van der Waals surface area (Å²) in [6.45, 7) is 4.83. The summed E-state index contributed by atoms with van der Waals surface area (Å²) in [4.78, 5) is 9.25. The van der Waals surface area contributed by atoms with Crippen LogP contribution in [0.3, 0.4) is 0 Å². The molecule has 2 heterocycles. The van der Waals surface area contributed by atoms with E-state index in [2.05, 4.69) is 29.1 Å². The number of nitrogens with zero attached hydrogens (tertiary/aromatic N) is 3. The number of methoxy groups -OCH3 is 1. The molecule has 0 bridgehead atoms. The van der Waals surface area contributed by atoms with E-state index in [1.54, 1.807) is 7.11 Å². The fourth-order valence-electron chi connectivity index (χ4n) is 3.16. The van der Waals surface area contributed by atoms with Crippen LogP contribution in [0.25, 0.3) is 11.0 Å². The lowest BCUT2D eigenvalue weighted by Gasteiger charge is -2.24. The normalized spacial score (nSPS) is 16.0. The number of rotatable bonds is 5. The number of guanidine groups is 1. The molecule has 1 unspecified atom stereocenters. The molecule has 4 rings (SSSR count). The maximum atomic E-state index is 6.02. The molecule has 0 fully saturated rings. The third-order valence-corrected chi connectivity index (χ3v) is 4.40. The lowest BCUT2D eigenvalue weighted by Crippen LogP contribution is -2.31. The van der Waals surface area contributed by atoms with Crippen molar-refractivity contribution in [2.75, 3.05) is 19.0 Å². The summed E-state index contributed by atoms with van der Waals surface area (Å²) in [5.74, 6) is 2.82. The van der Waals surface area contributed by atoms with E-state index in [1.165, 1.54) is 0 Å². The second-order valence-electron chi connectivity index (χ2n) is 6.92. The number of benzene rings is 2. The van der Waals surface area contributed by atoms with Crippen LogP contribution in [0.5, 0.6) is 11.5 Å². The molecular weight excluding hydrogens is 342 g/mol. The van der Waals surface area contributed by atoms with Crippen molar-refractivity contribution in [2.24, 2.45) is 16.6 Å². The zero-order valence-corrected chi connectivity index (χ0v) is 15.6. The monoisotopic (exact) mass is 365 g/mol. The first-order chi connectivity index (χ1) is 13.1. The summed E-state index contributed by atoms with van der Waals surface area (Å²) >= 11 is 0. The number of ether oxygens (including phenoxy) is 2. The number of hydrogen-bond acceptors (Lipinski definition) is 6. The van der Waals surface area contributed by atoms with Crippen LogP contribution in [0.1, 0.15) is 25.6 Å². The summed E-state index contributed by atoms with van der Waals surface area (Å²) in [6, 6.07) is 13.8. The van der Waals surface area contributed by atoms with Gasteiger partial charge >= 0.3 is 0 Å². The minimum absolute atomic E-state index is 0.332. The van der Waals surface area contributed by atoms with Gasteiger partial charge in [0.15, 0.2) is 23.6 Å². The van der Waals surface area contributed by atoms with E-state index in [4.69, 9.17) is 15.2 Å². The Morgan fingerprint density at radius 1 is 1.19 bits per heavy atom. The van der Waals surface area contributed by atoms with E-state index in [1.807, 2.05) is 47.0 Å². The van der Waals surface area contributed by atoms with Crippen LogP contribution in [0, 0.1) is 5.92 Å². The molecule has 1 aromatic heterocycles. The molecule has 0 spiro atoms. The number of anilines is 1. The number of nitrogens with two attached hydrogens (primary N) is 1. The van der Waals surface area contributed by atoms with E-state index in [0.29, 0.717) is 35.9 Å². The first kappa shape index (κ1) is 17.2. The lowest BCUT2D eigenvalue weighted by molar-refractivity contribution is 0.256. The SMILES string of the molecule is COc1ccc(C2N=C(N)Nc3nc4ccccc4n32)cc1OCC(C)C. The van der Waals surface area contributed by atoms with E-state index in [9.17, 15) is 0 Å². The van der Waals surface area contributed by atoms with Crippen LogP contribution in [-0.2, 0) is 0 Å². The van der Waals surface area contributed by atoms with Crippen molar-refractivity contribution in [1.29, 1.82) is 0 Å². The first-order valence-electron chi connectivity index (χ1n) is 8.95. The highest BCUT2D eigenvalue weighted by Gasteiger charge is 2.26. The molecule has 0 radical (unpaired) electrons. The summed E-state index contributed by atoms with van der Waals surface area (Å²) in [7, 11) is 1.64. The fraction of sp³-hybridized carbons (Fsp3) is 0.300. The second-order valence-corrected chi connectivity index (χ2v) is 6.92. The highest BCUT2D eigenvalue weighted by Crippen LogP contribution is 2.36. The predicted molar refractivity (Wildman–Crippen MR) is 106 cm³/mol. The summed E-state index contributed by atoms with van der Waals surface area (Å²) in [5, 5.41) is 3.05. The molecule has 1 aliphatic rings. The molecule has 3 aromatic rings. The largest absolute Gasteiger partial charge is 0.493 e. The highest BCUT2D eigenvalue weighted by atomic mass is 16.5. The van der Waals surface area contributed by atoms with E-state index >= 15 is 0 Å². The molecule has 0 saturated carbocycles. The van der Waals surface area contributed by atoms with Crippen LogP contribution in [0.15, 0.2) is 47.5 Å². The molecule has 140 valence electrons. The van der Waals surface area contributed by atoms with Crippen LogP contribution in [0.4, 0.5) is 5.95 Å². The number of para-hydroxylation sites is 2. The van der Waals surface area contributed by atoms with Gasteiger partial charge in [-0.05, 0) is 30.2 Å². The Labute approximate surface area is 157 Å². The van der Waals surface area contributed by atoms with E-state index in [-0.39, 0.29) is 6.17 Å². The van der Waals surface area contributed by atoms with Crippen molar-refractivity contribution in [3.63, 3.8) is 0 Å². The molecule has 0 saturated heterocycles. The van der Waals surface area contributed by atoms with Gasteiger partial charge in [0.25, 0.3) is 0 Å². The average Bonchev–Trinajstić information content (AvgIpc) is 3.03. The molecule has 0 amide bonds. The number of hydrogen-bond donors (Lipinski definition) is 2. The first-order valence-corrected chi connectivity index (χ1v) is 8.95. The molecular formula is C20H23N5O2. The number of nitrogens with one attached hydrogen (secondary N) is 1. The molecule has 7 heteroatoms. The third-order valence-electron chi connectivity index (χ3n) is 4.40. The Hall–Kier alpha value is -3.22. The Kier molecular flexibility index (Phi) is 4.35. The molecule has 3 N–H and O–H groups in total. The number of imidazole rings is 1. The van der Waals surface area contributed by atoms with Crippen LogP contribution in [-0.4, -0.2) is 29.2 Å². The zero-order valence-electron chi connectivity index (χ0n) is 15.6. The Morgan fingerprint density at radius 2 is 2.00 bits per heavy atom. The molecule has 1 atom stereocenters. The van der Waals surface area contributed by atoms with Crippen LogP contribution < -0.4 is 20.5 Å². The highest BCUT2D eigenvalue weighted by molar-refractivity contribution is 5.94. The van der Waals surface area contributed by atoms with Crippen molar-refractivity contribution in [2.45, 2.75) is 20.0 Å². The van der Waals surface area contributed by atoms with Gasteiger partial charge in [-0.25, -0.2) is 9.98 Å². The van der Waals surface area contributed by atoms with Crippen molar-refractivity contribution < 1.29 is 9.47 Å². The van der Waals surface area contributed by atoms with Crippen molar-refractivity contribution >= 4 is 22.9 Å². The molecule has 7 nitrogen and oxygen atoms in total. The van der Waals surface area contributed by atoms with Gasteiger partial charge in [-0.1, -0.05) is 32.0 Å². The molecule has 27 heavy (non-hydrogen) atoms. The van der Waals surface area contributed by atoms with Gasteiger partial charge in [-0.15, -0.1) is 0 Å². The Bertz CT molecular complexity index is 1010. The Balaban J connectivity index is 1.81. The molecule has 2 aromatic carbocycles. The van der Waals surface area contributed by atoms with Crippen LogP contribution in [0.2, 0.25) is 0 Å². The smallest absolute Gasteiger partial charge is 0.212 e. The van der Waals surface area contributed by atoms with Gasteiger partial charge in [-0.3, -0.25) is 9.88 Å². The maximum absolute atomic E-state index is 6.02. The summed E-state index contributed by atoms with van der Waals surface area (Å²) < 4.78 is 13.4. The van der Waals surface area contributed by atoms with Crippen molar-refractivity contribution in [3.05, 3.63) is 48.0 Å². The van der Waals surface area contributed by atoms with Gasteiger partial charge < -0.3 is 15.2 Å². The predicted octanol–water partition coefficient (Wildman–Crippen LogP) is 3.37. The minimum Gasteiger partial charge on any atom is -0.493 e.